The maximum atomic E-state index is 12.4. The molecule has 0 aliphatic carbocycles. The summed E-state index contributed by atoms with van der Waals surface area (Å²) in [5, 5.41) is 9.38. The van der Waals surface area contributed by atoms with Gasteiger partial charge in [-0.25, -0.2) is 0 Å². The van der Waals surface area contributed by atoms with E-state index in [0.29, 0.717) is 6.54 Å². The van der Waals surface area contributed by atoms with Crippen molar-refractivity contribution in [3.8, 4) is 0 Å². The number of ether oxygens (including phenoxy) is 1. The Labute approximate surface area is 110 Å². The second-order valence-electron chi connectivity index (χ2n) is 6.98. The highest BCUT2D eigenvalue weighted by Crippen LogP contribution is 2.39. The smallest absolute Gasteiger partial charge is 0.171 e. The van der Waals surface area contributed by atoms with Crippen LogP contribution in [0.2, 0.25) is 0 Å². The van der Waals surface area contributed by atoms with Crippen LogP contribution in [0.25, 0.3) is 0 Å². The van der Waals surface area contributed by atoms with Crippen LogP contribution >= 0.6 is 0 Å². The van der Waals surface area contributed by atoms with E-state index in [0.717, 1.165) is 0 Å². The van der Waals surface area contributed by atoms with E-state index in [4.69, 9.17) is 4.74 Å². The molecule has 0 aromatic carbocycles. The van der Waals surface area contributed by atoms with Gasteiger partial charge in [0.2, 0.25) is 0 Å². The van der Waals surface area contributed by atoms with Crippen LogP contribution in [0, 0.1) is 5.92 Å². The van der Waals surface area contributed by atoms with Gasteiger partial charge in [-0.05, 0) is 48.6 Å². The molecule has 0 aromatic rings. The summed E-state index contributed by atoms with van der Waals surface area (Å²) in [4.78, 5) is 14.4. The summed E-state index contributed by atoms with van der Waals surface area (Å²) in [6.07, 6.45) is 0. The van der Waals surface area contributed by atoms with E-state index in [1.54, 1.807) is 0 Å². The zero-order valence-electron chi connectivity index (χ0n) is 12.7. The zero-order valence-corrected chi connectivity index (χ0v) is 12.7. The number of aliphatic hydroxyl groups is 1. The van der Waals surface area contributed by atoms with Gasteiger partial charge < -0.3 is 9.84 Å². The molecule has 1 aliphatic heterocycles. The number of carbonyl (C=O) groups excluding carboxylic acids is 1. The first-order chi connectivity index (χ1) is 7.94. The predicted octanol–water partition coefficient (Wildman–Crippen LogP) is 1.46. The molecule has 0 aromatic heterocycles. The molecule has 0 saturated carbocycles. The van der Waals surface area contributed by atoms with Crippen LogP contribution in [-0.2, 0) is 9.53 Å². The van der Waals surface area contributed by atoms with Gasteiger partial charge in [0.05, 0.1) is 18.1 Å². The molecule has 4 nitrogen and oxygen atoms in total. The SMILES string of the molecule is CN(CC1C(=O)C(C)(C)OC1(C)C)C(C)(C)CO. The summed E-state index contributed by atoms with van der Waals surface area (Å²) in [5.41, 5.74) is -1.50. The number of likely N-dealkylation sites (N-methyl/N-ethyl adjacent to an activating group) is 1. The average molecular weight is 257 g/mol. The Morgan fingerprint density at radius 3 is 2.17 bits per heavy atom. The zero-order chi connectivity index (χ0) is 14.4. The summed E-state index contributed by atoms with van der Waals surface area (Å²) in [5.74, 6) is -0.0172. The lowest BCUT2D eigenvalue weighted by Gasteiger charge is -2.37. The fourth-order valence-corrected chi connectivity index (χ4v) is 2.46. The molecule has 1 unspecified atom stereocenters. The number of hydrogen-bond donors (Lipinski definition) is 1. The van der Waals surface area contributed by atoms with Crippen molar-refractivity contribution in [3.63, 3.8) is 0 Å². The molecule has 1 rings (SSSR count). The van der Waals surface area contributed by atoms with Gasteiger partial charge in [0.25, 0.3) is 0 Å². The molecule has 1 aliphatic rings. The lowest BCUT2D eigenvalue weighted by Crippen LogP contribution is -2.50. The molecule has 1 fully saturated rings. The van der Waals surface area contributed by atoms with Gasteiger partial charge in [-0.3, -0.25) is 9.69 Å². The summed E-state index contributed by atoms with van der Waals surface area (Å²) in [7, 11) is 1.94. The lowest BCUT2D eigenvalue weighted by atomic mass is 9.85. The highest BCUT2D eigenvalue weighted by molar-refractivity contribution is 5.91. The number of Topliss-reactive ketones (excluding diaryl/α,β-unsaturated/α-hetero) is 1. The van der Waals surface area contributed by atoms with E-state index in [1.165, 1.54) is 0 Å². The largest absolute Gasteiger partial charge is 0.394 e. The van der Waals surface area contributed by atoms with Crippen LogP contribution in [0.15, 0.2) is 0 Å². The first-order valence-corrected chi connectivity index (χ1v) is 6.50. The summed E-state index contributed by atoms with van der Waals surface area (Å²) >= 11 is 0. The third-order valence-corrected chi connectivity index (χ3v) is 4.14. The molecule has 0 spiro atoms. The highest BCUT2D eigenvalue weighted by atomic mass is 16.5. The first-order valence-electron chi connectivity index (χ1n) is 6.50. The number of aliphatic hydroxyl groups excluding tert-OH is 1. The monoisotopic (exact) mass is 257 g/mol. The average Bonchev–Trinajstić information content (AvgIpc) is 2.36. The van der Waals surface area contributed by atoms with Crippen molar-refractivity contribution >= 4 is 5.78 Å². The second kappa shape index (κ2) is 4.58. The second-order valence-corrected chi connectivity index (χ2v) is 6.98. The molecule has 106 valence electrons. The summed E-state index contributed by atoms with van der Waals surface area (Å²) in [6.45, 7) is 12.2. The molecule has 1 heterocycles. The minimum absolute atomic E-state index is 0.0646. The van der Waals surface area contributed by atoms with E-state index in [9.17, 15) is 9.90 Å². The van der Waals surface area contributed by atoms with Gasteiger partial charge in [-0.1, -0.05) is 0 Å². The van der Waals surface area contributed by atoms with Crippen LogP contribution in [0.4, 0.5) is 0 Å². The van der Waals surface area contributed by atoms with Crippen LogP contribution in [0.5, 0.6) is 0 Å². The molecule has 0 radical (unpaired) electrons. The minimum atomic E-state index is -0.710. The Bertz CT molecular complexity index is 334. The molecule has 1 atom stereocenters. The van der Waals surface area contributed by atoms with Gasteiger partial charge in [0, 0.05) is 12.1 Å². The molecule has 18 heavy (non-hydrogen) atoms. The van der Waals surface area contributed by atoms with E-state index in [-0.39, 0.29) is 23.8 Å². The van der Waals surface area contributed by atoms with E-state index in [2.05, 4.69) is 0 Å². The number of carbonyl (C=O) groups is 1. The molecule has 0 bridgehead atoms. The maximum absolute atomic E-state index is 12.4. The number of rotatable bonds is 4. The van der Waals surface area contributed by atoms with Crippen LogP contribution in [-0.4, -0.2) is 52.7 Å². The fraction of sp³-hybridized carbons (Fsp3) is 0.929. The third kappa shape index (κ3) is 2.76. The normalized spacial score (nSPS) is 26.9. The summed E-state index contributed by atoms with van der Waals surface area (Å²) in [6, 6.07) is 0. The van der Waals surface area contributed by atoms with Crippen LogP contribution < -0.4 is 0 Å². The van der Waals surface area contributed by atoms with Crippen molar-refractivity contribution in [1.29, 1.82) is 0 Å². The van der Waals surface area contributed by atoms with Crippen molar-refractivity contribution in [1.82, 2.24) is 4.90 Å². The third-order valence-electron chi connectivity index (χ3n) is 4.14. The maximum Gasteiger partial charge on any atom is 0.171 e. The van der Waals surface area contributed by atoms with Gasteiger partial charge >= 0.3 is 0 Å². The Hall–Kier alpha value is -0.450. The Kier molecular flexibility index (Phi) is 3.97. The van der Waals surface area contributed by atoms with Gasteiger partial charge in [0.1, 0.15) is 5.60 Å². The topological polar surface area (TPSA) is 49.8 Å². The minimum Gasteiger partial charge on any atom is -0.394 e. The van der Waals surface area contributed by atoms with E-state index in [1.807, 2.05) is 53.5 Å². The molecular weight excluding hydrogens is 230 g/mol. The van der Waals surface area contributed by atoms with Crippen LogP contribution in [0.3, 0.4) is 0 Å². The molecule has 1 saturated heterocycles. The van der Waals surface area contributed by atoms with Gasteiger partial charge in [-0.2, -0.15) is 0 Å². The fourth-order valence-electron chi connectivity index (χ4n) is 2.46. The molecular formula is C14H27NO3. The Morgan fingerprint density at radius 1 is 1.33 bits per heavy atom. The number of nitrogens with zero attached hydrogens (tertiary/aromatic N) is 1. The molecule has 1 N–H and O–H groups in total. The Balaban J connectivity index is 2.87. The van der Waals surface area contributed by atoms with Crippen molar-refractivity contribution in [2.75, 3.05) is 20.2 Å². The number of ketones is 1. The quantitative estimate of drug-likeness (QED) is 0.828. The van der Waals surface area contributed by atoms with Crippen LogP contribution in [0.1, 0.15) is 41.5 Å². The standard InChI is InChI=1S/C14H27NO3/c1-12(2,9-16)15(7)8-10-11(17)14(5,6)18-13(10,3)4/h10,16H,8-9H2,1-7H3. The van der Waals surface area contributed by atoms with Crippen molar-refractivity contribution in [3.05, 3.63) is 0 Å². The lowest BCUT2D eigenvalue weighted by molar-refractivity contribution is -0.132. The Morgan fingerprint density at radius 2 is 1.83 bits per heavy atom. The van der Waals surface area contributed by atoms with E-state index >= 15 is 0 Å². The van der Waals surface area contributed by atoms with Crippen molar-refractivity contribution < 1.29 is 14.6 Å². The van der Waals surface area contributed by atoms with Crippen molar-refractivity contribution in [2.24, 2.45) is 5.92 Å². The predicted molar refractivity (Wildman–Crippen MR) is 71.5 cm³/mol. The first kappa shape index (κ1) is 15.6. The van der Waals surface area contributed by atoms with E-state index < -0.39 is 11.2 Å². The van der Waals surface area contributed by atoms with Gasteiger partial charge in [0.15, 0.2) is 5.78 Å². The highest BCUT2D eigenvalue weighted by Gasteiger charge is 2.53. The molecule has 4 heteroatoms. The molecule has 0 amide bonds. The summed E-state index contributed by atoms with van der Waals surface area (Å²) < 4.78 is 5.87. The van der Waals surface area contributed by atoms with Crippen molar-refractivity contribution in [2.45, 2.75) is 58.3 Å². The van der Waals surface area contributed by atoms with Gasteiger partial charge in [-0.15, -0.1) is 0 Å². The number of hydrogen-bond acceptors (Lipinski definition) is 4.